The summed E-state index contributed by atoms with van der Waals surface area (Å²) in [6.45, 7) is 8.79. The van der Waals surface area contributed by atoms with Crippen LogP contribution in [0.5, 0.6) is 0 Å². The molecule has 0 fully saturated rings. The van der Waals surface area contributed by atoms with E-state index < -0.39 is 12.1 Å². The second-order valence-electron chi connectivity index (χ2n) is 6.08. The molecule has 19 heavy (non-hydrogen) atoms. The molecule has 1 aromatic rings. The number of rotatable bonds is 6. The van der Waals surface area contributed by atoms with E-state index in [2.05, 4.69) is 26.1 Å². The van der Waals surface area contributed by atoms with E-state index in [4.69, 9.17) is 9.52 Å². The molecule has 0 aliphatic carbocycles. The van der Waals surface area contributed by atoms with Crippen LogP contribution in [-0.4, -0.2) is 28.8 Å². The van der Waals surface area contributed by atoms with Gasteiger partial charge in [-0.3, -0.25) is 0 Å². The highest BCUT2D eigenvalue weighted by molar-refractivity contribution is 5.86. The fourth-order valence-electron chi connectivity index (χ4n) is 1.99. The van der Waals surface area contributed by atoms with Gasteiger partial charge in [0.1, 0.15) is 5.76 Å². The molecule has 0 aromatic carbocycles. The maximum Gasteiger partial charge on any atom is 0.372 e. The largest absolute Gasteiger partial charge is 0.475 e. The molecule has 1 atom stereocenters. The van der Waals surface area contributed by atoms with Crippen molar-refractivity contribution in [3.63, 3.8) is 0 Å². The van der Waals surface area contributed by atoms with Gasteiger partial charge >= 0.3 is 5.97 Å². The summed E-state index contributed by atoms with van der Waals surface area (Å²) in [6, 6.07) is 1.70. The average Bonchev–Trinajstić information content (AvgIpc) is 2.57. The van der Waals surface area contributed by atoms with Gasteiger partial charge in [0.05, 0.1) is 12.6 Å². The van der Waals surface area contributed by atoms with Gasteiger partial charge in [-0.25, -0.2) is 4.79 Å². The molecule has 5 nitrogen and oxygen atoms in total. The molecule has 0 aliphatic rings. The lowest BCUT2D eigenvalue weighted by molar-refractivity contribution is 0.0658. The molecular formula is C14H23NO4. The molecule has 0 saturated heterocycles. The Balaban J connectivity index is 2.41. The van der Waals surface area contributed by atoms with Crippen molar-refractivity contribution in [1.29, 1.82) is 0 Å². The standard InChI is InChI=1S/C14H23NO4/c1-9-5-11(19-12(9)13(17)18)8-15-7-10(16)6-14(2,3)4/h5,10,15-16H,6-8H2,1-4H3,(H,17,18). The maximum atomic E-state index is 10.8. The first-order valence-corrected chi connectivity index (χ1v) is 6.40. The Morgan fingerprint density at radius 1 is 1.47 bits per heavy atom. The van der Waals surface area contributed by atoms with E-state index in [1.165, 1.54) is 0 Å². The molecule has 1 rings (SSSR count). The summed E-state index contributed by atoms with van der Waals surface area (Å²) >= 11 is 0. The molecule has 0 spiro atoms. The highest BCUT2D eigenvalue weighted by atomic mass is 16.4. The number of carbonyl (C=O) groups is 1. The van der Waals surface area contributed by atoms with E-state index in [1.807, 2.05) is 0 Å². The Hall–Kier alpha value is -1.33. The minimum Gasteiger partial charge on any atom is -0.475 e. The summed E-state index contributed by atoms with van der Waals surface area (Å²) in [5, 5.41) is 21.8. The predicted molar refractivity (Wildman–Crippen MR) is 72.2 cm³/mol. The van der Waals surface area contributed by atoms with Crippen LogP contribution in [0.3, 0.4) is 0 Å². The van der Waals surface area contributed by atoms with Gasteiger partial charge < -0.3 is 19.9 Å². The van der Waals surface area contributed by atoms with E-state index in [-0.39, 0.29) is 11.2 Å². The van der Waals surface area contributed by atoms with Gasteiger partial charge in [-0.05, 0) is 24.8 Å². The van der Waals surface area contributed by atoms with Crippen LogP contribution < -0.4 is 5.32 Å². The topological polar surface area (TPSA) is 82.7 Å². The van der Waals surface area contributed by atoms with Crippen LogP contribution in [0.25, 0.3) is 0 Å². The highest BCUT2D eigenvalue weighted by Gasteiger charge is 2.17. The van der Waals surface area contributed by atoms with Crippen molar-refractivity contribution in [2.45, 2.75) is 46.8 Å². The zero-order chi connectivity index (χ0) is 14.6. The van der Waals surface area contributed by atoms with Crippen LogP contribution in [0, 0.1) is 12.3 Å². The number of hydrogen-bond acceptors (Lipinski definition) is 4. The summed E-state index contributed by atoms with van der Waals surface area (Å²) in [7, 11) is 0. The van der Waals surface area contributed by atoms with E-state index in [1.54, 1.807) is 13.0 Å². The first kappa shape index (κ1) is 15.7. The first-order valence-electron chi connectivity index (χ1n) is 6.40. The Labute approximate surface area is 113 Å². The summed E-state index contributed by atoms with van der Waals surface area (Å²) in [6.07, 6.45) is 0.285. The van der Waals surface area contributed by atoms with Crippen molar-refractivity contribution in [2.75, 3.05) is 6.54 Å². The minimum absolute atomic E-state index is 0.0213. The Morgan fingerprint density at radius 3 is 2.58 bits per heavy atom. The Morgan fingerprint density at radius 2 is 2.11 bits per heavy atom. The molecule has 0 radical (unpaired) electrons. The second kappa shape index (κ2) is 6.21. The summed E-state index contributed by atoms with van der Waals surface area (Å²) in [5.41, 5.74) is 0.693. The second-order valence-corrected chi connectivity index (χ2v) is 6.08. The highest BCUT2D eigenvalue weighted by Crippen LogP contribution is 2.20. The van der Waals surface area contributed by atoms with Gasteiger partial charge in [0, 0.05) is 12.1 Å². The van der Waals surface area contributed by atoms with Gasteiger partial charge in [0.25, 0.3) is 0 Å². The van der Waals surface area contributed by atoms with Gasteiger partial charge in [0.15, 0.2) is 0 Å². The smallest absolute Gasteiger partial charge is 0.372 e. The van der Waals surface area contributed by atoms with Crippen LogP contribution in [0.4, 0.5) is 0 Å². The third-order valence-electron chi connectivity index (χ3n) is 2.69. The SMILES string of the molecule is Cc1cc(CNCC(O)CC(C)(C)C)oc1C(=O)O. The lowest BCUT2D eigenvalue weighted by Crippen LogP contribution is -2.29. The number of furan rings is 1. The molecule has 0 saturated carbocycles. The lowest BCUT2D eigenvalue weighted by Gasteiger charge is -2.22. The number of hydrogen-bond donors (Lipinski definition) is 3. The fraction of sp³-hybridized carbons (Fsp3) is 0.643. The minimum atomic E-state index is -1.06. The number of carboxylic acid groups (broad SMARTS) is 1. The van der Waals surface area contributed by atoms with E-state index in [0.717, 1.165) is 0 Å². The third kappa shape index (κ3) is 5.44. The zero-order valence-corrected chi connectivity index (χ0v) is 12.0. The van der Waals surface area contributed by atoms with Crippen LogP contribution in [-0.2, 0) is 6.54 Å². The number of aliphatic hydroxyl groups excluding tert-OH is 1. The fourth-order valence-corrected chi connectivity index (χ4v) is 1.99. The van der Waals surface area contributed by atoms with Crippen molar-refractivity contribution in [3.05, 3.63) is 23.2 Å². The number of aliphatic hydroxyl groups is 1. The molecule has 1 aromatic heterocycles. The van der Waals surface area contributed by atoms with Crippen molar-refractivity contribution in [1.82, 2.24) is 5.32 Å². The number of aryl methyl sites for hydroxylation is 1. The van der Waals surface area contributed by atoms with Crippen LogP contribution >= 0.6 is 0 Å². The van der Waals surface area contributed by atoms with Gasteiger partial charge in [-0.1, -0.05) is 20.8 Å². The molecule has 0 aliphatic heterocycles. The average molecular weight is 269 g/mol. The van der Waals surface area contributed by atoms with Crippen molar-refractivity contribution in [3.8, 4) is 0 Å². The number of nitrogens with one attached hydrogen (secondary N) is 1. The van der Waals surface area contributed by atoms with Gasteiger partial charge in [-0.2, -0.15) is 0 Å². The quantitative estimate of drug-likeness (QED) is 0.737. The Kier molecular flexibility index (Phi) is 5.14. The van der Waals surface area contributed by atoms with Crippen molar-refractivity contribution in [2.24, 2.45) is 5.41 Å². The zero-order valence-electron chi connectivity index (χ0n) is 12.0. The Bertz CT molecular complexity index is 431. The summed E-state index contributed by atoms with van der Waals surface area (Å²) < 4.78 is 5.21. The predicted octanol–water partition coefficient (Wildman–Crippen LogP) is 2.17. The first-order chi connectivity index (χ1) is 8.69. The lowest BCUT2D eigenvalue weighted by atomic mass is 9.89. The number of aromatic carboxylic acids is 1. The van der Waals surface area contributed by atoms with E-state index in [0.29, 0.717) is 30.8 Å². The molecule has 0 bridgehead atoms. The van der Waals surface area contributed by atoms with E-state index in [9.17, 15) is 9.90 Å². The molecule has 3 N–H and O–H groups in total. The molecule has 1 heterocycles. The normalized spacial score (nSPS) is 13.5. The third-order valence-corrected chi connectivity index (χ3v) is 2.69. The molecule has 5 heteroatoms. The molecule has 1 unspecified atom stereocenters. The van der Waals surface area contributed by atoms with Crippen LogP contribution in [0.1, 0.15) is 49.1 Å². The van der Waals surface area contributed by atoms with Crippen molar-refractivity contribution >= 4 is 5.97 Å². The maximum absolute atomic E-state index is 10.8. The van der Waals surface area contributed by atoms with Crippen LogP contribution in [0.15, 0.2) is 10.5 Å². The number of carboxylic acids is 1. The van der Waals surface area contributed by atoms with Gasteiger partial charge in [-0.15, -0.1) is 0 Å². The summed E-state index contributed by atoms with van der Waals surface area (Å²) in [5.74, 6) is -0.513. The van der Waals surface area contributed by atoms with Crippen LogP contribution in [0.2, 0.25) is 0 Å². The molecule has 0 amide bonds. The molecular weight excluding hydrogens is 246 g/mol. The monoisotopic (exact) mass is 269 g/mol. The summed E-state index contributed by atoms with van der Waals surface area (Å²) in [4.78, 5) is 10.8. The molecule has 108 valence electrons. The van der Waals surface area contributed by atoms with E-state index >= 15 is 0 Å². The van der Waals surface area contributed by atoms with Gasteiger partial charge in [0.2, 0.25) is 5.76 Å². The van der Waals surface area contributed by atoms with Crippen molar-refractivity contribution < 1.29 is 19.4 Å².